The third-order valence-electron chi connectivity index (χ3n) is 3.71. The van der Waals surface area contributed by atoms with Crippen molar-refractivity contribution in [2.45, 2.75) is 58.3 Å². The third-order valence-corrected chi connectivity index (χ3v) is 4.60. The highest BCUT2D eigenvalue weighted by Crippen LogP contribution is 2.28. The van der Waals surface area contributed by atoms with Gasteiger partial charge in [0.25, 0.3) is 0 Å². The van der Waals surface area contributed by atoms with E-state index in [4.69, 9.17) is 4.74 Å². The van der Waals surface area contributed by atoms with Crippen LogP contribution >= 0.6 is 11.3 Å². The minimum Gasteiger partial charge on any atom is -0.372 e. The lowest BCUT2D eigenvalue weighted by Crippen LogP contribution is -2.22. The Bertz CT molecular complexity index is 353. The highest BCUT2D eigenvalue weighted by atomic mass is 32.1. The summed E-state index contributed by atoms with van der Waals surface area (Å²) in [6.45, 7) is 3.82. The van der Waals surface area contributed by atoms with Crippen LogP contribution in [0.4, 0.5) is 0 Å². The monoisotopic (exact) mass is 268 g/mol. The van der Waals surface area contributed by atoms with Gasteiger partial charge in [-0.15, -0.1) is 11.3 Å². The molecule has 1 heterocycles. The number of thiazole rings is 1. The van der Waals surface area contributed by atoms with Gasteiger partial charge in [0.15, 0.2) is 0 Å². The van der Waals surface area contributed by atoms with Crippen LogP contribution in [0.2, 0.25) is 0 Å². The number of nitrogens with zero attached hydrogens (tertiary/aromatic N) is 1. The van der Waals surface area contributed by atoms with Gasteiger partial charge in [-0.1, -0.05) is 26.2 Å². The van der Waals surface area contributed by atoms with Crippen LogP contribution in [-0.2, 0) is 17.9 Å². The van der Waals surface area contributed by atoms with Crippen LogP contribution in [-0.4, -0.2) is 18.1 Å². The van der Waals surface area contributed by atoms with E-state index in [2.05, 4.69) is 22.6 Å². The zero-order valence-corrected chi connectivity index (χ0v) is 12.3. The topological polar surface area (TPSA) is 34.1 Å². The van der Waals surface area contributed by atoms with Gasteiger partial charge < -0.3 is 10.1 Å². The van der Waals surface area contributed by atoms with E-state index in [0.29, 0.717) is 12.7 Å². The van der Waals surface area contributed by atoms with Gasteiger partial charge in [-0.25, -0.2) is 4.98 Å². The molecule has 1 aliphatic rings. The molecule has 2 atom stereocenters. The molecule has 4 heteroatoms. The largest absolute Gasteiger partial charge is 0.372 e. The van der Waals surface area contributed by atoms with E-state index in [9.17, 15) is 0 Å². The van der Waals surface area contributed by atoms with Crippen LogP contribution in [0.5, 0.6) is 0 Å². The minimum atomic E-state index is 0.457. The van der Waals surface area contributed by atoms with E-state index in [1.165, 1.54) is 32.1 Å². The maximum Gasteiger partial charge on any atom is 0.107 e. The molecule has 18 heavy (non-hydrogen) atoms. The first kappa shape index (κ1) is 14.0. The van der Waals surface area contributed by atoms with Crippen molar-refractivity contribution in [3.63, 3.8) is 0 Å². The lowest BCUT2D eigenvalue weighted by Gasteiger charge is -2.28. The Morgan fingerprint density at radius 1 is 1.50 bits per heavy atom. The predicted molar refractivity (Wildman–Crippen MR) is 75.7 cm³/mol. The van der Waals surface area contributed by atoms with Gasteiger partial charge >= 0.3 is 0 Å². The molecule has 0 bridgehead atoms. The smallest absolute Gasteiger partial charge is 0.107 e. The number of aromatic nitrogens is 1. The van der Waals surface area contributed by atoms with Gasteiger partial charge in [0, 0.05) is 11.9 Å². The van der Waals surface area contributed by atoms with Crippen molar-refractivity contribution in [3.05, 3.63) is 16.1 Å². The van der Waals surface area contributed by atoms with Crippen molar-refractivity contribution in [2.75, 3.05) is 7.05 Å². The van der Waals surface area contributed by atoms with Gasteiger partial charge in [-0.3, -0.25) is 0 Å². The Labute approximate surface area is 114 Å². The molecule has 0 spiro atoms. The Kier molecular flexibility index (Phi) is 5.60. The molecule has 1 aromatic rings. The molecule has 2 rings (SSSR count). The van der Waals surface area contributed by atoms with Crippen LogP contribution in [0.3, 0.4) is 0 Å². The highest BCUT2D eigenvalue weighted by molar-refractivity contribution is 7.09. The molecule has 1 N–H and O–H groups in total. The predicted octanol–water partition coefficient (Wildman–Crippen LogP) is 3.35. The molecule has 102 valence electrons. The summed E-state index contributed by atoms with van der Waals surface area (Å²) >= 11 is 1.71. The minimum absolute atomic E-state index is 0.457. The summed E-state index contributed by atoms with van der Waals surface area (Å²) in [6.07, 6.45) is 6.93. The summed E-state index contributed by atoms with van der Waals surface area (Å²) in [5.41, 5.74) is 1.09. The molecule has 0 aliphatic heterocycles. The van der Waals surface area contributed by atoms with Crippen molar-refractivity contribution < 1.29 is 4.74 Å². The number of hydrogen-bond acceptors (Lipinski definition) is 4. The Balaban J connectivity index is 1.76. The molecule has 1 aliphatic carbocycles. The summed E-state index contributed by atoms with van der Waals surface area (Å²) in [6, 6.07) is 0. The van der Waals surface area contributed by atoms with Crippen LogP contribution in [0, 0.1) is 5.92 Å². The SMILES string of the molecule is CCC1CCCC(OCc2csc(CNC)n2)C1. The lowest BCUT2D eigenvalue weighted by molar-refractivity contribution is 0.000500. The molecule has 1 saturated carbocycles. The molecule has 0 amide bonds. The number of hydrogen-bond donors (Lipinski definition) is 1. The first-order valence-corrected chi connectivity index (χ1v) is 7.89. The van der Waals surface area contributed by atoms with E-state index in [1.807, 2.05) is 7.05 Å². The lowest BCUT2D eigenvalue weighted by atomic mass is 9.85. The maximum atomic E-state index is 6.02. The molecule has 0 radical (unpaired) electrons. The zero-order chi connectivity index (χ0) is 12.8. The van der Waals surface area contributed by atoms with Gasteiger partial charge in [0.1, 0.15) is 5.01 Å². The fourth-order valence-corrected chi connectivity index (χ4v) is 3.41. The maximum absolute atomic E-state index is 6.02. The fourth-order valence-electron chi connectivity index (χ4n) is 2.61. The van der Waals surface area contributed by atoms with E-state index in [0.717, 1.165) is 23.2 Å². The standard InChI is InChI=1S/C14H24N2OS/c1-3-11-5-4-6-13(7-11)17-9-12-10-18-14(16-12)8-15-2/h10-11,13,15H,3-9H2,1-2H3. The van der Waals surface area contributed by atoms with Crippen LogP contribution in [0.25, 0.3) is 0 Å². The Morgan fingerprint density at radius 2 is 2.39 bits per heavy atom. The van der Waals surface area contributed by atoms with Crippen LogP contribution in [0.1, 0.15) is 49.7 Å². The number of ether oxygens (including phenoxy) is 1. The summed E-state index contributed by atoms with van der Waals surface area (Å²) in [4.78, 5) is 4.55. The molecular formula is C14H24N2OS. The van der Waals surface area contributed by atoms with E-state index >= 15 is 0 Å². The zero-order valence-electron chi connectivity index (χ0n) is 11.4. The average Bonchev–Trinajstić information content (AvgIpc) is 2.85. The highest BCUT2D eigenvalue weighted by Gasteiger charge is 2.21. The summed E-state index contributed by atoms with van der Waals surface area (Å²) in [5, 5.41) is 6.39. The quantitative estimate of drug-likeness (QED) is 0.859. The summed E-state index contributed by atoms with van der Waals surface area (Å²) < 4.78 is 6.02. The van der Waals surface area contributed by atoms with Gasteiger partial charge in [0.2, 0.25) is 0 Å². The number of nitrogens with one attached hydrogen (secondary N) is 1. The van der Waals surface area contributed by atoms with E-state index < -0.39 is 0 Å². The van der Waals surface area contributed by atoms with Gasteiger partial charge in [-0.05, 0) is 25.8 Å². The second-order valence-corrected chi connectivity index (χ2v) is 6.08. The molecule has 1 aromatic heterocycles. The summed E-state index contributed by atoms with van der Waals surface area (Å²) in [5.74, 6) is 0.874. The van der Waals surface area contributed by atoms with E-state index in [-0.39, 0.29) is 0 Å². The van der Waals surface area contributed by atoms with Gasteiger partial charge in [-0.2, -0.15) is 0 Å². The van der Waals surface area contributed by atoms with Crippen molar-refractivity contribution in [2.24, 2.45) is 5.92 Å². The van der Waals surface area contributed by atoms with E-state index in [1.54, 1.807) is 11.3 Å². The average molecular weight is 268 g/mol. The van der Waals surface area contributed by atoms with Crippen molar-refractivity contribution in [1.82, 2.24) is 10.3 Å². The second kappa shape index (κ2) is 7.22. The fraction of sp³-hybridized carbons (Fsp3) is 0.786. The van der Waals surface area contributed by atoms with Crippen LogP contribution in [0.15, 0.2) is 5.38 Å². The molecule has 0 saturated heterocycles. The summed E-state index contributed by atoms with van der Waals surface area (Å²) in [7, 11) is 1.95. The molecule has 3 nitrogen and oxygen atoms in total. The Hall–Kier alpha value is -0.450. The molecular weight excluding hydrogens is 244 g/mol. The number of rotatable bonds is 6. The molecule has 1 fully saturated rings. The van der Waals surface area contributed by atoms with Crippen molar-refractivity contribution in [3.8, 4) is 0 Å². The molecule has 2 unspecified atom stereocenters. The first-order chi connectivity index (χ1) is 8.81. The normalized spacial score (nSPS) is 24.3. The molecule has 0 aromatic carbocycles. The van der Waals surface area contributed by atoms with Crippen LogP contribution < -0.4 is 5.32 Å². The van der Waals surface area contributed by atoms with Crippen molar-refractivity contribution >= 4 is 11.3 Å². The Morgan fingerprint density at radius 3 is 3.17 bits per heavy atom. The first-order valence-electron chi connectivity index (χ1n) is 7.01. The van der Waals surface area contributed by atoms with Crippen molar-refractivity contribution in [1.29, 1.82) is 0 Å². The second-order valence-electron chi connectivity index (χ2n) is 5.14. The third kappa shape index (κ3) is 4.04. The van der Waals surface area contributed by atoms with Gasteiger partial charge in [0.05, 0.1) is 18.4 Å².